The van der Waals surface area contributed by atoms with E-state index in [2.05, 4.69) is 20.6 Å². The van der Waals surface area contributed by atoms with E-state index in [-0.39, 0.29) is 11.8 Å². The van der Waals surface area contributed by atoms with Crippen LogP contribution in [-0.2, 0) is 16.0 Å². The van der Waals surface area contributed by atoms with Gasteiger partial charge in [0.1, 0.15) is 6.04 Å². The quantitative estimate of drug-likeness (QED) is 0.221. The summed E-state index contributed by atoms with van der Waals surface area (Å²) in [4.78, 5) is 35.5. The normalized spacial score (nSPS) is 11.9. The minimum atomic E-state index is -0.826. The first-order chi connectivity index (χ1) is 19.7. The first-order valence-corrected chi connectivity index (χ1v) is 13.3. The number of amides is 2. The van der Waals surface area contributed by atoms with Crippen molar-refractivity contribution in [3.63, 3.8) is 0 Å². The van der Waals surface area contributed by atoms with Crippen LogP contribution in [0.5, 0.6) is 0 Å². The van der Waals surface area contributed by atoms with Gasteiger partial charge < -0.3 is 15.6 Å². The average molecular weight is 525 g/mol. The number of para-hydroxylation sites is 2. The molecule has 196 valence electrons. The predicted octanol–water partition coefficient (Wildman–Crippen LogP) is 6.21. The number of aromatic amines is 1. The SMILES string of the molecule is O=C(N[C@@H](Cc1c[nH]c2ccccc12)C(=O)Nc1cnc2ccccc2c1)C(c1ccccc1)c1ccccc1. The van der Waals surface area contributed by atoms with Crippen LogP contribution in [0.3, 0.4) is 0 Å². The van der Waals surface area contributed by atoms with Crippen molar-refractivity contribution in [2.75, 3.05) is 5.32 Å². The molecule has 0 bridgehead atoms. The molecule has 0 saturated heterocycles. The van der Waals surface area contributed by atoms with Gasteiger partial charge in [-0.15, -0.1) is 0 Å². The zero-order chi connectivity index (χ0) is 27.3. The average Bonchev–Trinajstić information content (AvgIpc) is 3.41. The van der Waals surface area contributed by atoms with E-state index in [0.717, 1.165) is 38.5 Å². The first-order valence-electron chi connectivity index (χ1n) is 13.3. The van der Waals surface area contributed by atoms with E-state index in [0.29, 0.717) is 12.1 Å². The smallest absolute Gasteiger partial charge is 0.247 e. The third-order valence-corrected chi connectivity index (χ3v) is 7.12. The van der Waals surface area contributed by atoms with Crippen molar-refractivity contribution in [1.82, 2.24) is 15.3 Å². The highest BCUT2D eigenvalue weighted by molar-refractivity contribution is 6.00. The number of anilines is 1. The molecule has 6 heteroatoms. The lowest BCUT2D eigenvalue weighted by molar-refractivity contribution is -0.126. The monoisotopic (exact) mass is 524 g/mol. The Morgan fingerprint density at radius 3 is 2.15 bits per heavy atom. The zero-order valence-electron chi connectivity index (χ0n) is 21.7. The number of carbonyl (C=O) groups excluding carboxylic acids is 2. The zero-order valence-corrected chi connectivity index (χ0v) is 21.7. The van der Waals surface area contributed by atoms with Crippen LogP contribution in [0.2, 0.25) is 0 Å². The third-order valence-electron chi connectivity index (χ3n) is 7.12. The van der Waals surface area contributed by atoms with Gasteiger partial charge in [-0.2, -0.15) is 0 Å². The van der Waals surface area contributed by atoms with Gasteiger partial charge in [0.05, 0.1) is 23.3 Å². The summed E-state index contributed by atoms with van der Waals surface area (Å²) in [6.07, 6.45) is 3.86. The van der Waals surface area contributed by atoms with Crippen LogP contribution in [0.25, 0.3) is 21.8 Å². The minimum absolute atomic E-state index is 0.242. The van der Waals surface area contributed by atoms with Crippen LogP contribution in [0.1, 0.15) is 22.6 Å². The van der Waals surface area contributed by atoms with Gasteiger partial charge >= 0.3 is 0 Å². The van der Waals surface area contributed by atoms with Crippen molar-refractivity contribution in [1.29, 1.82) is 0 Å². The Balaban J connectivity index is 1.33. The van der Waals surface area contributed by atoms with Gasteiger partial charge in [0.2, 0.25) is 11.8 Å². The molecule has 0 radical (unpaired) electrons. The third kappa shape index (κ3) is 5.33. The van der Waals surface area contributed by atoms with Crippen LogP contribution in [0, 0.1) is 0 Å². The molecule has 0 unspecified atom stereocenters. The number of benzene rings is 4. The van der Waals surface area contributed by atoms with Gasteiger partial charge in [-0.1, -0.05) is 97.1 Å². The van der Waals surface area contributed by atoms with Crippen LogP contribution < -0.4 is 10.6 Å². The Morgan fingerprint density at radius 1 is 0.750 bits per heavy atom. The van der Waals surface area contributed by atoms with Crippen molar-refractivity contribution in [3.8, 4) is 0 Å². The van der Waals surface area contributed by atoms with Crippen molar-refractivity contribution < 1.29 is 9.59 Å². The topological polar surface area (TPSA) is 86.9 Å². The molecule has 4 aromatic carbocycles. The largest absolute Gasteiger partial charge is 0.361 e. The highest BCUT2D eigenvalue weighted by atomic mass is 16.2. The summed E-state index contributed by atoms with van der Waals surface area (Å²) in [5.41, 5.74) is 5.06. The number of nitrogens with one attached hydrogen (secondary N) is 3. The van der Waals surface area contributed by atoms with E-state index in [9.17, 15) is 9.59 Å². The Hall–Kier alpha value is -5.23. The molecule has 2 amide bonds. The molecule has 1 atom stereocenters. The van der Waals surface area contributed by atoms with Gasteiger partial charge in [-0.25, -0.2) is 0 Å². The summed E-state index contributed by atoms with van der Waals surface area (Å²) in [6.45, 7) is 0. The fourth-order valence-corrected chi connectivity index (χ4v) is 5.14. The van der Waals surface area contributed by atoms with E-state index in [1.165, 1.54) is 0 Å². The Labute approximate surface area is 232 Å². The molecular formula is C34H28N4O2. The van der Waals surface area contributed by atoms with E-state index >= 15 is 0 Å². The Kier molecular flexibility index (Phi) is 7.05. The fraction of sp³-hybridized carbons (Fsp3) is 0.0882. The van der Waals surface area contributed by atoms with Gasteiger partial charge in [0.25, 0.3) is 0 Å². The van der Waals surface area contributed by atoms with Gasteiger partial charge in [0, 0.05) is 28.9 Å². The maximum Gasteiger partial charge on any atom is 0.247 e. The molecule has 6 aromatic rings. The Bertz CT molecular complexity index is 1740. The number of carbonyl (C=O) groups is 2. The summed E-state index contributed by atoms with van der Waals surface area (Å²) >= 11 is 0. The summed E-state index contributed by atoms with van der Waals surface area (Å²) in [6, 6.07) is 36.0. The molecule has 0 saturated carbocycles. The first kappa shape index (κ1) is 25.1. The molecule has 40 heavy (non-hydrogen) atoms. The van der Waals surface area contributed by atoms with Gasteiger partial charge in [-0.05, 0) is 34.9 Å². The number of fused-ring (bicyclic) bond motifs is 2. The molecule has 0 aliphatic heterocycles. The number of hydrogen-bond acceptors (Lipinski definition) is 3. The maximum atomic E-state index is 14.0. The number of pyridine rings is 1. The standard InChI is InChI=1S/C34H28N4O2/c39-33(37-27-19-25-15-7-9-17-29(25)36-22-27)31(20-26-21-35-30-18-10-8-16-28(26)30)38-34(40)32(23-11-3-1-4-12-23)24-13-5-2-6-14-24/h1-19,21-22,31-32,35H,20H2,(H,37,39)(H,38,40)/t31-/m0/s1. The number of H-pyrrole nitrogens is 1. The lowest BCUT2D eigenvalue weighted by Gasteiger charge is -2.23. The van der Waals surface area contributed by atoms with E-state index in [1.54, 1.807) is 6.20 Å². The number of aromatic nitrogens is 2. The molecule has 6 nitrogen and oxygen atoms in total. The second kappa shape index (κ2) is 11.3. The molecule has 0 fully saturated rings. The summed E-state index contributed by atoms with van der Waals surface area (Å²) in [7, 11) is 0. The maximum absolute atomic E-state index is 14.0. The van der Waals surface area contributed by atoms with Crippen molar-refractivity contribution in [3.05, 3.63) is 144 Å². The highest BCUT2D eigenvalue weighted by Gasteiger charge is 2.29. The Morgan fingerprint density at radius 2 is 1.40 bits per heavy atom. The molecule has 0 aliphatic carbocycles. The molecule has 0 spiro atoms. The number of rotatable bonds is 8. The summed E-state index contributed by atoms with van der Waals surface area (Å²) in [5, 5.41) is 8.02. The van der Waals surface area contributed by atoms with Crippen LogP contribution >= 0.6 is 0 Å². The lowest BCUT2D eigenvalue weighted by Crippen LogP contribution is -2.47. The van der Waals surface area contributed by atoms with Crippen LogP contribution in [-0.4, -0.2) is 27.8 Å². The van der Waals surface area contributed by atoms with E-state index in [4.69, 9.17) is 0 Å². The van der Waals surface area contributed by atoms with Crippen molar-refractivity contribution in [2.45, 2.75) is 18.4 Å². The number of hydrogen-bond donors (Lipinski definition) is 3. The van der Waals surface area contributed by atoms with Crippen molar-refractivity contribution >= 4 is 39.3 Å². The minimum Gasteiger partial charge on any atom is -0.361 e. The second-order valence-electron chi connectivity index (χ2n) is 9.79. The van der Waals surface area contributed by atoms with E-state index < -0.39 is 12.0 Å². The van der Waals surface area contributed by atoms with Crippen molar-refractivity contribution in [2.24, 2.45) is 0 Å². The molecular weight excluding hydrogens is 496 g/mol. The van der Waals surface area contributed by atoms with Gasteiger partial charge in [0.15, 0.2) is 0 Å². The summed E-state index contributed by atoms with van der Waals surface area (Å²) in [5.74, 6) is -1.12. The molecule has 2 heterocycles. The summed E-state index contributed by atoms with van der Waals surface area (Å²) < 4.78 is 0. The fourth-order valence-electron chi connectivity index (χ4n) is 5.14. The van der Waals surface area contributed by atoms with Crippen LogP contribution in [0.4, 0.5) is 5.69 Å². The van der Waals surface area contributed by atoms with Crippen LogP contribution in [0.15, 0.2) is 128 Å². The predicted molar refractivity (Wildman–Crippen MR) is 159 cm³/mol. The second-order valence-corrected chi connectivity index (χ2v) is 9.79. The van der Waals surface area contributed by atoms with Gasteiger partial charge in [-0.3, -0.25) is 14.6 Å². The van der Waals surface area contributed by atoms with E-state index in [1.807, 2.05) is 121 Å². The molecule has 0 aliphatic rings. The molecule has 3 N–H and O–H groups in total. The highest BCUT2D eigenvalue weighted by Crippen LogP contribution is 2.26. The molecule has 6 rings (SSSR count). The number of nitrogens with zero attached hydrogens (tertiary/aromatic N) is 1. The molecule has 2 aromatic heterocycles. The lowest BCUT2D eigenvalue weighted by atomic mass is 9.90.